The molecule has 4 aliphatic heterocycles. The Labute approximate surface area is 396 Å². The van der Waals surface area contributed by atoms with E-state index in [1.165, 1.54) is 14.2 Å². The van der Waals surface area contributed by atoms with Crippen LogP contribution in [0.25, 0.3) is 22.1 Å². The zero-order valence-corrected chi connectivity index (χ0v) is 40.0. The molecule has 0 radical (unpaired) electrons. The van der Waals surface area contributed by atoms with E-state index >= 15 is 4.39 Å². The van der Waals surface area contributed by atoms with Gasteiger partial charge in [0, 0.05) is 38.9 Å². The molecule has 4 saturated heterocycles. The maximum absolute atomic E-state index is 16.4. The number of hydrogen-bond donors (Lipinski definition) is 4. The predicted molar refractivity (Wildman–Crippen MR) is 258 cm³/mol. The van der Waals surface area contributed by atoms with Crippen molar-refractivity contribution in [2.75, 3.05) is 50.1 Å². The van der Waals surface area contributed by atoms with E-state index in [1.807, 2.05) is 50.8 Å². The summed E-state index contributed by atoms with van der Waals surface area (Å²) in [6.07, 6.45) is 6.10. The van der Waals surface area contributed by atoms with Crippen molar-refractivity contribution in [2.24, 2.45) is 11.8 Å². The number of alkyl carbamates (subject to hydrolysis) is 1. The number of hydrogen-bond acceptors (Lipinski definition) is 9. The van der Waals surface area contributed by atoms with Crippen LogP contribution in [-0.4, -0.2) is 116 Å². The Balaban J connectivity index is 1.03. The molecule has 0 spiro atoms. The average molecular weight is 933 g/mol. The number of H-pyrrole nitrogens is 2. The highest BCUT2D eigenvalue weighted by Crippen LogP contribution is 2.49. The molecule has 68 heavy (non-hydrogen) atoms. The Morgan fingerprint density at radius 3 is 1.78 bits per heavy atom. The predicted octanol–water partition coefficient (Wildman–Crippen LogP) is 8.99. The smallest absolute Gasteiger partial charge is 0.407 e. The number of benzene rings is 3. The van der Waals surface area contributed by atoms with Crippen LogP contribution in [0.3, 0.4) is 0 Å². The monoisotopic (exact) mass is 933 g/mol. The number of likely N-dealkylation sites (N-methyl/N-ethyl adjacent to an activating group) is 1. The molecule has 16 nitrogen and oxygen atoms in total. The van der Waals surface area contributed by atoms with Gasteiger partial charge < -0.3 is 44.7 Å². The molecule has 0 aliphatic carbocycles. The summed E-state index contributed by atoms with van der Waals surface area (Å²) in [5, 5.41) is 12.5. The number of carboxylic acid groups (broad SMARTS) is 1. The van der Waals surface area contributed by atoms with Crippen molar-refractivity contribution >= 4 is 57.4 Å². The summed E-state index contributed by atoms with van der Waals surface area (Å²) in [4.78, 5) is 78.4. The standard InChI is InChI=1S/C51H65FN10O6/c1-29(2)44(57-50(65)68-6)48(63)60-24-10-12-42(60)46-53-35-17-14-31(26-37(35)55-46)39-20-21-40(62(39)33-16-19-41(34(52)28-33)59-22-8-7-9-23-59)32-15-18-36-38(27-32)56-47(54-36)43-13-11-25-61(43)49(64)45(30(3)4)58(5)51(66)67/h14-19,26-30,39-40,42-45H,7-13,20-25H2,1-6H3,(H,53,55)(H,54,56)(H,57,65)(H,66,67)/t39-,40-,42-,43-,44-,45-/m0/s1. The van der Waals surface area contributed by atoms with Gasteiger partial charge in [-0.2, -0.15) is 0 Å². The van der Waals surface area contributed by atoms with Crippen LogP contribution in [0.1, 0.15) is 132 Å². The number of fused-ring (bicyclic) bond motifs is 2. The molecule has 4 aliphatic rings. The van der Waals surface area contributed by atoms with E-state index < -0.39 is 24.3 Å². The number of rotatable bonds is 12. The molecule has 0 bridgehead atoms. The second-order valence-electron chi connectivity index (χ2n) is 19.8. The molecule has 3 aromatic carbocycles. The molecule has 2 aromatic heterocycles. The lowest BCUT2D eigenvalue weighted by Gasteiger charge is -2.34. The van der Waals surface area contributed by atoms with Gasteiger partial charge in [-0.3, -0.25) is 14.5 Å². The fraction of sp³-hybridized carbons (Fsp3) is 0.529. The molecule has 6 heterocycles. The lowest BCUT2D eigenvalue weighted by Crippen LogP contribution is -2.51. The highest BCUT2D eigenvalue weighted by atomic mass is 19.1. The number of halogens is 1. The maximum atomic E-state index is 16.4. The number of aromatic nitrogens is 4. The van der Waals surface area contributed by atoms with Crippen molar-refractivity contribution in [2.45, 2.75) is 122 Å². The van der Waals surface area contributed by atoms with Crippen molar-refractivity contribution < 1.29 is 33.4 Å². The number of ether oxygens (including phenoxy) is 1. The quantitative estimate of drug-likeness (QED) is 0.0942. The Morgan fingerprint density at radius 1 is 0.721 bits per heavy atom. The van der Waals surface area contributed by atoms with Crippen LogP contribution in [0.15, 0.2) is 54.6 Å². The first-order chi connectivity index (χ1) is 32.7. The lowest BCUT2D eigenvalue weighted by molar-refractivity contribution is -0.138. The van der Waals surface area contributed by atoms with Gasteiger partial charge in [0.15, 0.2) is 0 Å². The first kappa shape index (κ1) is 46.7. The molecule has 4 amide bonds. The van der Waals surface area contributed by atoms with Gasteiger partial charge in [-0.1, -0.05) is 39.8 Å². The fourth-order valence-electron chi connectivity index (χ4n) is 11.4. The average Bonchev–Trinajstić information content (AvgIpc) is 4.19. The summed E-state index contributed by atoms with van der Waals surface area (Å²) in [5.41, 5.74) is 6.77. The SMILES string of the molecule is COC(=O)N[C@H](C(=O)N1CCC[C@H]1c1nc2ccc([C@@H]3CC[C@@H](c4ccc5nc([C@@H]6CCCN6C(=O)[C@H](C(C)C)N(C)C(=O)O)[nH]c5c4)N3c3ccc(N4CCCCC4)c(F)c3)cc2[nH]1)C(C)C. The number of anilines is 2. The summed E-state index contributed by atoms with van der Waals surface area (Å²) in [5.74, 6) is 0.395. The van der Waals surface area contributed by atoms with Crippen molar-refractivity contribution in [1.29, 1.82) is 0 Å². The summed E-state index contributed by atoms with van der Waals surface area (Å²) in [6, 6.07) is 15.8. The second-order valence-corrected chi connectivity index (χ2v) is 19.8. The van der Waals surface area contributed by atoms with E-state index in [1.54, 1.807) is 11.0 Å². The largest absolute Gasteiger partial charge is 0.465 e. The Hall–Kier alpha value is -6.39. The van der Waals surface area contributed by atoms with Gasteiger partial charge in [0.1, 0.15) is 29.5 Å². The van der Waals surface area contributed by atoms with Crippen LogP contribution >= 0.6 is 0 Å². The molecule has 9 rings (SSSR count). The fourth-order valence-corrected chi connectivity index (χ4v) is 11.4. The van der Waals surface area contributed by atoms with Gasteiger partial charge in [-0.25, -0.2) is 23.9 Å². The highest BCUT2D eigenvalue weighted by molar-refractivity contribution is 5.87. The number of nitrogens with one attached hydrogen (secondary N) is 3. The molecular weight excluding hydrogens is 868 g/mol. The van der Waals surface area contributed by atoms with Crippen molar-refractivity contribution in [3.05, 3.63) is 83.2 Å². The Morgan fingerprint density at radius 2 is 1.28 bits per heavy atom. The van der Waals surface area contributed by atoms with E-state index in [0.717, 1.165) is 108 Å². The van der Waals surface area contributed by atoms with E-state index in [0.29, 0.717) is 36.8 Å². The first-order valence-corrected chi connectivity index (χ1v) is 24.5. The number of carbonyl (C=O) groups excluding carboxylic acids is 3. The summed E-state index contributed by atoms with van der Waals surface area (Å²) in [7, 11) is 2.74. The minimum absolute atomic E-state index is 0.110. The third kappa shape index (κ3) is 8.91. The van der Waals surface area contributed by atoms with Crippen LogP contribution in [0.5, 0.6) is 0 Å². The molecule has 4 N–H and O–H groups in total. The molecule has 0 unspecified atom stereocenters. The highest BCUT2D eigenvalue weighted by Gasteiger charge is 2.42. The number of nitrogens with zero attached hydrogens (tertiary/aromatic N) is 7. The summed E-state index contributed by atoms with van der Waals surface area (Å²) < 4.78 is 21.2. The van der Waals surface area contributed by atoms with E-state index in [2.05, 4.69) is 55.4 Å². The molecule has 4 fully saturated rings. The minimum Gasteiger partial charge on any atom is -0.465 e. The molecule has 5 aromatic rings. The topological polar surface area (TPSA) is 183 Å². The zero-order valence-electron chi connectivity index (χ0n) is 40.0. The number of imidazole rings is 2. The summed E-state index contributed by atoms with van der Waals surface area (Å²) >= 11 is 0. The normalized spacial score (nSPS) is 21.9. The van der Waals surface area contributed by atoms with Gasteiger partial charge in [-0.15, -0.1) is 0 Å². The van der Waals surface area contributed by atoms with Crippen molar-refractivity contribution in [1.82, 2.24) is 40.0 Å². The van der Waals surface area contributed by atoms with Crippen LogP contribution in [0.4, 0.5) is 25.4 Å². The van der Waals surface area contributed by atoms with Gasteiger partial charge in [0.25, 0.3) is 0 Å². The van der Waals surface area contributed by atoms with Gasteiger partial charge in [0.2, 0.25) is 11.8 Å². The van der Waals surface area contributed by atoms with Crippen molar-refractivity contribution in [3.63, 3.8) is 0 Å². The first-order valence-electron chi connectivity index (χ1n) is 24.5. The van der Waals surface area contributed by atoms with Crippen LogP contribution in [-0.2, 0) is 14.3 Å². The summed E-state index contributed by atoms with van der Waals surface area (Å²) in [6.45, 7) is 10.3. The Bertz CT molecular complexity index is 2680. The molecule has 6 atom stereocenters. The third-order valence-corrected chi connectivity index (χ3v) is 14.8. The van der Waals surface area contributed by atoms with Gasteiger partial charge in [-0.05, 0) is 123 Å². The molecule has 362 valence electrons. The number of aromatic amines is 2. The van der Waals surface area contributed by atoms with Crippen LogP contribution in [0.2, 0.25) is 0 Å². The van der Waals surface area contributed by atoms with Crippen LogP contribution in [0, 0.1) is 17.7 Å². The lowest BCUT2D eigenvalue weighted by atomic mass is 10.0. The minimum atomic E-state index is -1.14. The van der Waals surface area contributed by atoms with Crippen molar-refractivity contribution in [3.8, 4) is 0 Å². The number of likely N-dealkylation sites (tertiary alicyclic amines) is 2. The molecule has 0 saturated carbocycles. The Kier molecular flexibility index (Phi) is 13.3. The molecular formula is C51H65FN10O6. The van der Waals surface area contributed by atoms with Gasteiger partial charge in [0.05, 0.1) is 59.0 Å². The second kappa shape index (κ2) is 19.3. The van der Waals surface area contributed by atoms with E-state index in [-0.39, 0.29) is 53.6 Å². The number of piperidine rings is 1. The number of amides is 4. The van der Waals surface area contributed by atoms with Crippen LogP contribution < -0.4 is 15.1 Å². The maximum Gasteiger partial charge on any atom is 0.407 e. The van der Waals surface area contributed by atoms with Gasteiger partial charge >= 0.3 is 12.2 Å². The van der Waals surface area contributed by atoms with E-state index in [4.69, 9.17) is 14.7 Å². The zero-order chi connectivity index (χ0) is 48.0. The molecule has 17 heteroatoms. The number of methoxy groups -OCH3 is 1. The van der Waals surface area contributed by atoms with E-state index in [9.17, 15) is 24.3 Å². The third-order valence-electron chi connectivity index (χ3n) is 14.8. The number of carbonyl (C=O) groups is 4.